The number of nitrogen functional groups attached to an aromatic ring is 1. The molecule has 1 unspecified atom stereocenters. The van der Waals surface area contributed by atoms with Crippen LogP contribution in [-0.2, 0) is 4.79 Å². The highest BCUT2D eigenvalue weighted by molar-refractivity contribution is 5.81. The molecule has 1 aromatic carbocycles. The molecule has 0 spiro atoms. The van der Waals surface area contributed by atoms with Crippen molar-refractivity contribution in [3.8, 4) is 5.75 Å². The van der Waals surface area contributed by atoms with Crippen LogP contribution in [0.2, 0.25) is 0 Å². The van der Waals surface area contributed by atoms with Gasteiger partial charge in [-0.05, 0) is 50.1 Å². The molecule has 0 bridgehead atoms. The molecule has 1 aliphatic rings. The fourth-order valence-electron chi connectivity index (χ4n) is 2.69. The highest BCUT2D eigenvalue weighted by Gasteiger charge is 2.30. The third kappa shape index (κ3) is 4.36. The molecule has 21 heavy (non-hydrogen) atoms. The number of hydrogen-bond donors (Lipinski definition) is 1. The summed E-state index contributed by atoms with van der Waals surface area (Å²) in [6, 6.07) is 7.48. The van der Waals surface area contributed by atoms with Gasteiger partial charge in [-0.3, -0.25) is 9.69 Å². The predicted molar refractivity (Wildman–Crippen MR) is 84.3 cm³/mol. The molecule has 1 heterocycles. The first-order valence-electron chi connectivity index (χ1n) is 7.51. The van der Waals surface area contributed by atoms with Crippen LogP contribution in [0.4, 0.5) is 5.69 Å². The predicted octanol–water partition coefficient (Wildman–Crippen LogP) is 1.59. The fourth-order valence-corrected chi connectivity index (χ4v) is 2.69. The lowest BCUT2D eigenvalue weighted by Crippen LogP contribution is -2.43. The van der Waals surface area contributed by atoms with Crippen molar-refractivity contribution in [2.24, 2.45) is 0 Å². The van der Waals surface area contributed by atoms with E-state index >= 15 is 0 Å². The average Bonchev–Trinajstić information content (AvgIpc) is 2.93. The minimum absolute atomic E-state index is 0.0523. The van der Waals surface area contributed by atoms with Gasteiger partial charge in [0.25, 0.3) is 0 Å². The highest BCUT2D eigenvalue weighted by atomic mass is 16.5. The van der Waals surface area contributed by atoms with E-state index in [1.54, 1.807) is 4.90 Å². The molecular weight excluding hydrogens is 266 g/mol. The maximum absolute atomic E-state index is 12.1. The molecular formula is C16H25N3O2. The molecule has 116 valence electrons. The largest absolute Gasteiger partial charge is 0.494 e. The molecule has 5 nitrogen and oxygen atoms in total. The van der Waals surface area contributed by atoms with Crippen LogP contribution in [0.25, 0.3) is 0 Å². The van der Waals surface area contributed by atoms with E-state index in [0.29, 0.717) is 6.61 Å². The standard InChI is InChI=1S/C16H25N3O2/c1-18(2)16(20)15-5-3-10-19(15)11-4-12-21-14-8-6-13(17)7-9-14/h6-9,15H,3-5,10-12,17H2,1-2H3. The Kier molecular flexibility index (Phi) is 5.44. The van der Waals surface area contributed by atoms with E-state index in [-0.39, 0.29) is 11.9 Å². The number of amides is 1. The summed E-state index contributed by atoms with van der Waals surface area (Å²) in [4.78, 5) is 16.0. The number of hydrogen-bond acceptors (Lipinski definition) is 4. The lowest BCUT2D eigenvalue weighted by Gasteiger charge is -2.25. The molecule has 1 fully saturated rings. The number of nitrogens with zero attached hydrogens (tertiary/aromatic N) is 2. The van der Waals surface area contributed by atoms with Crippen LogP contribution >= 0.6 is 0 Å². The minimum atomic E-state index is 0.0523. The van der Waals surface area contributed by atoms with Gasteiger partial charge in [0, 0.05) is 26.3 Å². The number of likely N-dealkylation sites (tertiary alicyclic amines) is 1. The summed E-state index contributed by atoms with van der Waals surface area (Å²) in [5, 5.41) is 0. The number of likely N-dealkylation sites (N-methyl/N-ethyl adjacent to an activating group) is 1. The first-order valence-corrected chi connectivity index (χ1v) is 7.51. The Morgan fingerprint density at radius 3 is 2.76 bits per heavy atom. The third-order valence-electron chi connectivity index (χ3n) is 3.83. The number of anilines is 1. The number of rotatable bonds is 6. The zero-order valence-corrected chi connectivity index (χ0v) is 12.9. The van der Waals surface area contributed by atoms with Crippen molar-refractivity contribution in [1.29, 1.82) is 0 Å². The molecule has 0 aromatic heterocycles. The van der Waals surface area contributed by atoms with E-state index in [0.717, 1.165) is 43.8 Å². The van der Waals surface area contributed by atoms with Gasteiger partial charge in [0.2, 0.25) is 5.91 Å². The zero-order valence-electron chi connectivity index (χ0n) is 12.9. The number of carbonyl (C=O) groups is 1. The summed E-state index contributed by atoms with van der Waals surface area (Å²) in [5.74, 6) is 1.05. The molecule has 2 rings (SSSR count). The SMILES string of the molecule is CN(C)C(=O)C1CCCN1CCCOc1ccc(N)cc1. The van der Waals surface area contributed by atoms with E-state index in [9.17, 15) is 4.79 Å². The molecule has 5 heteroatoms. The summed E-state index contributed by atoms with van der Waals surface area (Å²) in [6.07, 6.45) is 2.99. The second-order valence-electron chi connectivity index (χ2n) is 5.70. The van der Waals surface area contributed by atoms with Crippen LogP contribution in [0.1, 0.15) is 19.3 Å². The number of ether oxygens (including phenoxy) is 1. The lowest BCUT2D eigenvalue weighted by atomic mass is 10.2. The van der Waals surface area contributed by atoms with Gasteiger partial charge in [-0.15, -0.1) is 0 Å². The smallest absolute Gasteiger partial charge is 0.239 e. The van der Waals surface area contributed by atoms with E-state index < -0.39 is 0 Å². The number of nitrogens with two attached hydrogens (primary N) is 1. The molecule has 1 saturated heterocycles. The van der Waals surface area contributed by atoms with E-state index in [2.05, 4.69) is 4.90 Å². The number of carbonyl (C=O) groups excluding carboxylic acids is 1. The van der Waals surface area contributed by atoms with E-state index in [1.165, 1.54) is 0 Å². The Bertz CT molecular complexity index is 459. The van der Waals surface area contributed by atoms with Crippen molar-refractivity contribution in [2.45, 2.75) is 25.3 Å². The Hall–Kier alpha value is -1.75. The Morgan fingerprint density at radius 1 is 1.38 bits per heavy atom. The van der Waals surface area contributed by atoms with Crippen LogP contribution in [-0.4, -0.2) is 55.5 Å². The van der Waals surface area contributed by atoms with Gasteiger partial charge in [-0.2, -0.15) is 0 Å². The van der Waals surface area contributed by atoms with E-state index in [4.69, 9.17) is 10.5 Å². The minimum Gasteiger partial charge on any atom is -0.494 e. The maximum atomic E-state index is 12.1. The first kappa shape index (κ1) is 15.6. The Balaban J connectivity index is 1.72. The Morgan fingerprint density at radius 2 is 2.10 bits per heavy atom. The maximum Gasteiger partial charge on any atom is 0.239 e. The van der Waals surface area contributed by atoms with Crippen molar-refractivity contribution in [1.82, 2.24) is 9.80 Å². The van der Waals surface area contributed by atoms with E-state index in [1.807, 2.05) is 38.4 Å². The average molecular weight is 291 g/mol. The lowest BCUT2D eigenvalue weighted by molar-refractivity contribution is -0.133. The van der Waals surface area contributed by atoms with Crippen molar-refractivity contribution in [3.05, 3.63) is 24.3 Å². The van der Waals surface area contributed by atoms with Gasteiger partial charge in [0.15, 0.2) is 0 Å². The first-order chi connectivity index (χ1) is 10.1. The van der Waals surface area contributed by atoms with Crippen LogP contribution in [0, 0.1) is 0 Å². The molecule has 1 amide bonds. The van der Waals surface area contributed by atoms with Crippen molar-refractivity contribution < 1.29 is 9.53 Å². The summed E-state index contributed by atoms with van der Waals surface area (Å²) in [6.45, 7) is 2.56. The van der Waals surface area contributed by atoms with Gasteiger partial charge in [0.1, 0.15) is 5.75 Å². The second-order valence-corrected chi connectivity index (χ2v) is 5.70. The summed E-state index contributed by atoms with van der Waals surface area (Å²) < 4.78 is 5.69. The van der Waals surface area contributed by atoms with Crippen LogP contribution in [0.5, 0.6) is 5.75 Å². The molecule has 0 aliphatic carbocycles. The summed E-state index contributed by atoms with van der Waals surface area (Å²) >= 11 is 0. The summed E-state index contributed by atoms with van der Waals surface area (Å²) in [5.41, 5.74) is 6.37. The van der Waals surface area contributed by atoms with Gasteiger partial charge in [0.05, 0.1) is 12.6 Å². The van der Waals surface area contributed by atoms with Gasteiger partial charge < -0.3 is 15.4 Å². The quantitative estimate of drug-likeness (QED) is 0.639. The van der Waals surface area contributed by atoms with Crippen LogP contribution in [0.3, 0.4) is 0 Å². The molecule has 1 aliphatic heterocycles. The number of benzene rings is 1. The summed E-state index contributed by atoms with van der Waals surface area (Å²) in [7, 11) is 3.64. The third-order valence-corrected chi connectivity index (χ3v) is 3.83. The van der Waals surface area contributed by atoms with Gasteiger partial charge in [-0.1, -0.05) is 0 Å². The van der Waals surface area contributed by atoms with Crippen molar-refractivity contribution in [2.75, 3.05) is 39.5 Å². The van der Waals surface area contributed by atoms with Crippen LogP contribution in [0.15, 0.2) is 24.3 Å². The molecule has 1 atom stereocenters. The normalized spacial score (nSPS) is 18.7. The Labute approximate surface area is 126 Å². The topological polar surface area (TPSA) is 58.8 Å². The zero-order chi connectivity index (χ0) is 15.2. The van der Waals surface area contributed by atoms with Crippen molar-refractivity contribution in [3.63, 3.8) is 0 Å². The van der Waals surface area contributed by atoms with Gasteiger partial charge in [-0.25, -0.2) is 0 Å². The van der Waals surface area contributed by atoms with Gasteiger partial charge >= 0.3 is 0 Å². The fraction of sp³-hybridized carbons (Fsp3) is 0.562. The second kappa shape index (κ2) is 7.31. The molecule has 1 aromatic rings. The molecule has 0 radical (unpaired) electrons. The highest BCUT2D eigenvalue weighted by Crippen LogP contribution is 2.19. The monoisotopic (exact) mass is 291 g/mol. The van der Waals surface area contributed by atoms with Crippen molar-refractivity contribution >= 4 is 11.6 Å². The van der Waals surface area contributed by atoms with Crippen LogP contribution < -0.4 is 10.5 Å². The molecule has 0 saturated carbocycles. The molecule has 2 N–H and O–H groups in total.